The molecule has 3 amide bonds. The van der Waals surface area contributed by atoms with Gasteiger partial charge in [-0.05, 0) is 50.2 Å². The lowest BCUT2D eigenvalue weighted by Crippen LogP contribution is -2.35. The fraction of sp³-hybridized carbons (Fsp3) is 0.200. The molecule has 29 heavy (non-hydrogen) atoms. The van der Waals surface area contributed by atoms with Crippen molar-refractivity contribution >= 4 is 52.6 Å². The van der Waals surface area contributed by atoms with Crippen molar-refractivity contribution < 1.29 is 23.9 Å². The summed E-state index contributed by atoms with van der Waals surface area (Å²) in [5.41, 5.74) is 0.710. The van der Waals surface area contributed by atoms with Crippen LogP contribution in [0.2, 0.25) is 10.0 Å². The Balaban J connectivity index is 1.67. The zero-order valence-corrected chi connectivity index (χ0v) is 17.0. The molecule has 9 heteroatoms. The number of carbonyl (C=O) groups is 4. The molecular weight excluding hydrogens is 419 g/mol. The van der Waals surface area contributed by atoms with E-state index in [4.69, 9.17) is 27.9 Å². The van der Waals surface area contributed by atoms with Crippen molar-refractivity contribution in [2.24, 2.45) is 0 Å². The first-order valence-electron chi connectivity index (χ1n) is 8.63. The molecule has 2 aromatic rings. The molecule has 0 aliphatic carbocycles. The molecular formula is C20H16Cl2N2O5. The summed E-state index contributed by atoms with van der Waals surface area (Å²) in [6, 6.07) is 8.33. The van der Waals surface area contributed by atoms with Crippen LogP contribution in [0.5, 0.6) is 0 Å². The average molecular weight is 435 g/mol. The normalized spacial score (nSPS) is 12.9. The quantitative estimate of drug-likeness (QED) is 0.570. The zero-order chi connectivity index (χ0) is 21.3. The number of esters is 1. The van der Waals surface area contributed by atoms with Gasteiger partial charge in [0.15, 0.2) is 6.61 Å². The van der Waals surface area contributed by atoms with Crippen LogP contribution in [0.25, 0.3) is 0 Å². The first-order chi connectivity index (χ1) is 13.7. The third kappa shape index (κ3) is 4.26. The van der Waals surface area contributed by atoms with Crippen molar-refractivity contribution in [3.05, 3.63) is 63.1 Å². The molecule has 1 aliphatic heterocycles. The molecule has 7 nitrogen and oxygen atoms in total. The van der Waals surface area contributed by atoms with Gasteiger partial charge in [-0.15, -0.1) is 0 Å². The van der Waals surface area contributed by atoms with Crippen molar-refractivity contribution in [2.75, 3.05) is 11.9 Å². The van der Waals surface area contributed by atoms with Crippen molar-refractivity contribution in [2.45, 2.75) is 19.9 Å². The van der Waals surface area contributed by atoms with Gasteiger partial charge in [0.2, 0.25) is 0 Å². The molecule has 0 aromatic heterocycles. The van der Waals surface area contributed by atoms with Gasteiger partial charge in [0.25, 0.3) is 17.7 Å². The highest BCUT2D eigenvalue weighted by Gasteiger charge is 2.37. The number of hydrogen-bond acceptors (Lipinski definition) is 5. The summed E-state index contributed by atoms with van der Waals surface area (Å²) in [6.45, 7) is 2.88. The van der Waals surface area contributed by atoms with Gasteiger partial charge in [-0.2, -0.15) is 0 Å². The standard InChI is InChI=1S/C20H16Cl2N2O5/c1-10(2)24-18(26)13-5-3-11(7-14(13)19(24)27)20(28)29-9-17(25)23-16-8-12(21)4-6-15(16)22/h3-8,10H,9H2,1-2H3,(H,23,25). The van der Waals surface area contributed by atoms with Gasteiger partial charge in [-0.25, -0.2) is 4.79 Å². The Morgan fingerprint density at radius 2 is 1.72 bits per heavy atom. The lowest BCUT2D eigenvalue weighted by Gasteiger charge is -2.17. The summed E-state index contributed by atoms with van der Waals surface area (Å²) in [7, 11) is 0. The monoisotopic (exact) mass is 434 g/mol. The lowest BCUT2D eigenvalue weighted by atomic mass is 10.1. The largest absolute Gasteiger partial charge is 0.452 e. The smallest absolute Gasteiger partial charge is 0.338 e. The Morgan fingerprint density at radius 3 is 2.41 bits per heavy atom. The molecule has 150 valence electrons. The van der Waals surface area contributed by atoms with Crippen LogP contribution in [-0.4, -0.2) is 41.2 Å². The van der Waals surface area contributed by atoms with Crippen LogP contribution >= 0.6 is 23.2 Å². The molecule has 0 bridgehead atoms. The minimum atomic E-state index is -0.802. The lowest BCUT2D eigenvalue weighted by molar-refractivity contribution is -0.119. The molecule has 0 saturated carbocycles. The highest BCUT2D eigenvalue weighted by Crippen LogP contribution is 2.27. The van der Waals surface area contributed by atoms with Gasteiger partial charge in [0, 0.05) is 11.1 Å². The predicted octanol–water partition coefficient (Wildman–Crippen LogP) is 3.79. The Bertz CT molecular complexity index is 1040. The molecule has 0 spiro atoms. The Labute approximate surface area is 176 Å². The summed E-state index contributed by atoms with van der Waals surface area (Å²) >= 11 is 11.8. The number of ether oxygens (including phenoxy) is 1. The second-order valence-electron chi connectivity index (χ2n) is 6.58. The maximum atomic E-state index is 12.4. The number of benzene rings is 2. The number of anilines is 1. The number of halogens is 2. The fourth-order valence-corrected chi connectivity index (χ4v) is 3.19. The van der Waals surface area contributed by atoms with E-state index in [0.717, 1.165) is 4.90 Å². The molecule has 0 atom stereocenters. The number of fused-ring (bicyclic) bond motifs is 1. The van der Waals surface area contributed by atoms with Gasteiger partial charge < -0.3 is 10.1 Å². The number of rotatable bonds is 5. The van der Waals surface area contributed by atoms with Crippen molar-refractivity contribution in [3.63, 3.8) is 0 Å². The minimum Gasteiger partial charge on any atom is -0.452 e. The first kappa shape index (κ1) is 20.8. The summed E-state index contributed by atoms with van der Waals surface area (Å²) in [5.74, 6) is -2.29. The van der Waals surface area contributed by atoms with E-state index in [2.05, 4.69) is 5.32 Å². The van der Waals surface area contributed by atoms with Crippen LogP contribution in [0.4, 0.5) is 5.69 Å². The number of amides is 3. The van der Waals surface area contributed by atoms with E-state index in [-0.39, 0.29) is 33.4 Å². The van der Waals surface area contributed by atoms with Crippen molar-refractivity contribution in [3.8, 4) is 0 Å². The van der Waals surface area contributed by atoms with E-state index in [1.165, 1.54) is 30.3 Å². The number of nitrogens with one attached hydrogen (secondary N) is 1. The topological polar surface area (TPSA) is 92.8 Å². The molecule has 0 fully saturated rings. The van der Waals surface area contributed by atoms with Gasteiger partial charge >= 0.3 is 5.97 Å². The van der Waals surface area contributed by atoms with Gasteiger partial charge in [0.05, 0.1) is 27.4 Å². The van der Waals surface area contributed by atoms with E-state index in [9.17, 15) is 19.2 Å². The van der Waals surface area contributed by atoms with Gasteiger partial charge in [-0.3, -0.25) is 19.3 Å². The van der Waals surface area contributed by atoms with Crippen LogP contribution in [0, 0.1) is 0 Å². The molecule has 0 saturated heterocycles. The van der Waals surface area contributed by atoms with E-state index >= 15 is 0 Å². The van der Waals surface area contributed by atoms with Crippen LogP contribution in [-0.2, 0) is 9.53 Å². The summed E-state index contributed by atoms with van der Waals surface area (Å²) in [6.07, 6.45) is 0. The van der Waals surface area contributed by atoms with E-state index in [1.807, 2.05) is 0 Å². The second kappa shape index (κ2) is 8.23. The Morgan fingerprint density at radius 1 is 1.03 bits per heavy atom. The van der Waals surface area contributed by atoms with Crippen LogP contribution in [0.3, 0.4) is 0 Å². The zero-order valence-electron chi connectivity index (χ0n) is 15.5. The average Bonchev–Trinajstić information content (AvgIpc) is 2.93. The third-order valence-corrected chi connectivity index (χ3v) is 4.77. The molecule has 1 N–H and O–H groups in total. The maximum absolute atomic E-state index is 12.4. The Kier molecular flexibility index (Phi) is 5.91. The summed E-state index contributed by atoms with van der Waals surface area (Å²) in [5, 5.41) is 3.16. The first-order valence-corrected chi connectivity index (χ1v) is 9.38. The molecule has 3 rings (SSSR count). The van der Waals surface area contributed by atoms with Crippen LogP contribution < -0.4 is 5.32 Å². The molecule has 1 heterocycles. The highest BCUT2D eigenvalue weighted by molar-refractivity contribution is 6.35. The fourth-order valence-electron chi connectivity index (χ4n) is 2.85. The number of hydrogen-bond donors (Lipinski definition) is 1. The van der Waals surface area contributed by atoms with E-state index in [0.29, 0.717) is 5.02 Å². The molecule has 2 aromatic carbocycles. The maximum Gasteiger partial charge on any atom is 0.338 e. The molecule has 0 unspecified atom stereocenters. The van der Waals surface area contributed by atoms with Gasteiger partial charge in [-0.1, -0.05) is 23.2 Å². The van der Waals surface area contributed by atoms with Crippen molar-refractivity contribution in [1.29, 1.82) is 0 Å². The van der Waals surface area contributed by atoms with Crippen LogP contribution in [0.15, 0.2) is 36.4 Å². The van der Waals surface area contributed by atoms with Crippen molar-refractivity contribution in [1.82, 2.24) is 4.90 Å². The third-order valence-electron chi connectivity index (χ3n) is 4.21. The second-order valence-corrected chi connectivity index (χ2v) is 7.43. The summed E-state index contributed by atoms with van der Waals surface area (Å²) in [4.78, 5) is 50.1. The molecule has 1 aliphatic rings. The SMILES string of the molecule is CC(C)N1C(=O)c2ccc(C(=O)OCC(=O)Nc3cc(Cl)ccc3Cl)cc2C1=O. The minimum absolute atomic E-state index is 0.0593. The predicted molar refractivity (Wildman–Crippen MR) is 107 cm³/mol. The summed E-state index contributed by atoms with van der Waals surface area (Å²) < 4.78 is 4.99. The highest BCUT2D eigenvalue weighted by atomic mass is 35.5. The van der Waals surface area contributed by atoms with E-state index < -0.39 is 30.3 Å². The molecule has 0 radical (unpaired) electrons. The number of nitrogens with zero attached hydrogens (tertiary/aromatic N) is 1. The number of carbonyl (C=O) groups excluding carboxylic acids is 4. The van der Waals surface area contributed by atoms with E-state index in [1.54, 1.807) is 19.9 Å². The van der Waals surface area contributed by atoms with Crippen LogP contribution in [0.1, 0.15) is 44.9 Å². The van der Waals surface area contributed by atoms with Gasteiger partial charge in [0.1, 0.15) is 0 Å². The Hall–Kier alpha value is -2.90. The number of imide groups is 1.